The number of rotatable bonds is 8. The molecule has 1 aromatic heterocycles. The van der Waals surface area contributed by atoms with E-state index in [4.69, 9.17) is 4.74 Å². The van der Waals surface area contributed by atoms with Gasteiger partial charge in [0.05, 0.1) is 4.90 Å². The molecule has 0 aliphatic carbocycles. The van der Waals surface area contributed by atoms with Gasteiger partial charge in [-0.05, 0) is 48.2 Å². The van der Waals surface area contributed by atoms with Crippen molar-refractivity contribution in [3.05, 3.63) is 46.2 Å². The second-order valence-electron chi connectivity index (χ2n) is 5.67. The van der Waals surface area contributed by atoms with Crippen molar-refractivity contribution in [1.29, 1.82) is 0 Å². The van der Waals surface area contributed by atoms with Crippen molar-refractivity contribution < 1.29 is 22.7 Å². The number of carbonyl (C=O) groups excluding carboxylic acids is 2. The molecule has 0 atom stereocenters. The van der Waals surface area contributed by atoms with E-state index < -0.39 is 28.5 Å². The molecule has 1 amide bonds. The van der Waals surface area contributed by atoms with E-state index in [1.165, 1.54) is 39.9 Å². The summed E-state index contributed by atoms with van der Waals surface area (Å²) in [5, 5.41) is 4.35. The average molecular weight is 411 g/mol. The molecule has 0 spiro atoms. The molecule has 27 heavy (non-hydrogen) atoms. The summed E-state index contributed by atoms with van der Waals surface area (Å²) in [6.45, 7) is 5.68. The standard InChI is InChI=1S/C18H22N2O5S2/c1-4-20(5-2)27(23,24)15-8-6-14(7-9-15)19-16(21)12-25-18(22)17-13(3)10-11-26-17/h6-11H,4-5,12H2,1-3H3,(H,19,21). The molecule has 1 heterocycles. The number of esters is 1. The maximum absolute atomic E-state index is 12.4. The van der Waals surface area contributed by atoms with Crippen molar-refractivity contribution in [2.24, 2.45) is 0 Å². The van der Waals surface area contributed by atoms with E-state index in [9.17, 15) is 18.0 Å². The molecule has 9 heteroatoms. The average Bonchev–Trinajstić information content (AvgIpc) is 3.07. The fourth-order valence-electron chi connectivity index (χ4n) is 2.40. The predicted octanol–water partition coefficient (Wildman–Crippen LogP) is 2.88. The number of thiophene rings is 1. The molecule has 0 aliphatic rings. The number of ether oxygens (including phenoxy) is 1. The quantitative estimate of drug-likeness (QED) is 0.676. The van der Waals surface area contributed by atoms with Gasteiger partial charge in [-0.2, -0.15) is 4.31 Å². The van der Waals surface area contributed by atoms with Crippen LogP contribution in [0.1, 0.15) is 29.1 Å². The van der Waals surface area contributed by atoms with Gasteiger partial charge in [0.1, 0.15) is 4.88 Å². The first-order chi connectivity index (χ1) is 12.8. The highest BCUT2D eigenvalue weighted by Crippen LogP contribution is 2.19. The van der Waals surface area contributed by atoms with E-state index in [1.54, 1.807) is 32.2 Å². The van der Waals surface area contributed by atoms with Gasteiger partial charge in [-0.15, -0.1) is 11.3 Å². The van der Waals surface area contributed by atoms with E-state index in [1.807, 2.05) is 0 Å². The Labute approximate surface area is 163 Å². The van der Waals surface area contributed by atoms with E-state index in [0.29, 0.717) is 23.7 Å². The minimum absolute atomic E-state index is 0.156. The number of sulfonamides is 1. The van der Waals surface area contributed by atoms with Crippen LogP contribution in [0.4, 0.5) is 5.69 Å². The number of nitrogens with one attached hydrogen (secondary N) is 1. The maximum Gasteiger partial charge on any atom is 0.349 e. The normalized spacial score (nSPS) is 11.4. The van der Waals surface area contributed by atoms with Crippen molar-refractivity contribution >= 4 is 38.9 Å². The third-order valence-corrected chi connectivity index (χ3v) is 6.92. The Morgan fingerprint density at radius 2 is 1.74 bits per heavy atom. The lowest BCUT2D eigenvalue weighted by atomic mass is 10.3. The lowest BCUT2D eigenvalue weighted by Crippen LogP contribution is -2.30. The van der Waals surface area contributed by atoms with Crippen molar-refractivity contribution in [1.82, 2.24) is 4.31 Å². The van der Waals surface area contributed by atoms with Crippen molar-refractivity contribution in [2.45, 2.75) is 25.7 Å². The van der Waals surface area contributed by atoms with Crippen LogP contribution >= 0.6 is 11.3 Å². The van der Waals surface area contributed by atoms with Crippen LogP contribution in [-0.2, 0) is 19.6 Å². The van der Waals surface area contributed by atoms with Gasteiger partial charge >= 0.3 is 5.97 Å². The summed E-state index contributed by atoms with van der Waals surface area (Å²) in [4.78, 5) is 24.5. The summed E-state index contributed by atoms with van der Waals surface area (Å²) in [7, 11) is -3.54. The molecular weight excluding hydrogens is 388 g/mol. The van der Waals surface area contributed by atoms with Crippen LogP contribution in [0.3, 0.4) is 0 Å². The van der Waals surface area contributed by atoms with Crippen LogP contribution in [0, 0.1) is 6.92 Å². The van der Waals surface area contributed by atoms with E-state index in [-0.39, 0.29) is 4.90 Å². The Morgan fingerprint density at radius 3 is 2.26 bits per heavy atom. The Kier molecular flexibility index (Phi) is 7.11. The summed E-state index contributed by atoms with van der Waals surface area (Å²) in [5.41, 5.74) is 1.22. The summed E-state index contributed by atoms with van der Waals surface area (Å²) >= 11 is 1.26. The first kappa shape index (κ1) is 21.1. The topological polar surface area (TPSA) is 92.8 Å². The molecule has 0 aliphatic heterocycles. The third kappa shape index (κ3) is 5.15. The Hall–Kier alpha value is -2.23. The summed E-state index contributed by atoms with van der Waals surface area (Å²) in [5.74, 6) is -1.05. The van der Waals surface area contributed by atoms with E-state index >= 15 is 0 Å². The van der Waals surface area contributed by atoms with Crippen LogP contribution in [0.25, 0.3) is 0 Å². The first-order valence-corrected chi connectivity index (χ1v) is 10.7. The minimum Gasteiger partial charge on any atom is -0.451 e. The van der Waals surface area contributed by atoms with E-state index in [0.717, 1.165) is 5.56 Å². The zero-order valence-corrected chi connectivity index (χ0v) is 17.0. The van der Waals surface area contributed by atoms with Crippen LogP contribution in [0.15, 0.2) is 40.6 Å². The zero-order chi connectivity index (χ0) is 20.0. The minimum atomic E-state index is -3.54. The number of anilines is 1. The van der Waals surface area contributed by atoms with Crippen LogP contribution < -0.4 is 5.32 Å². The highest BCUT2D eigenvalue weighted by Gasteiger charge is 2.21. The van der Waals surface area contributed by atoms with Gasteiger partial charge in [0.2, 0.25) is 10.0 Å². The lowest BCUT2D eigenvalue weighted by Gasteiger charge is -2.18. The summed E-state index contributed by atoms with van der Waals surface area (Å²) in [6.07, 6.45) is 0. The van der Waals surface area contributed by atoms with Crippen LogP contribution in [-0.4, -0.2) is 44.3 Å². The number of benzene rings is 1. The molecule has 146 valence electrons. The number of hydrogen-bond acceptors (Lipinski definition) is 6. The second-order valence-corrected chi connectivity index (χ2v) is 8.52. The van der Waals surface area contributed by atoms with Crippen molar-refractivity contribution in [3.8, 4) is 0 Å². The van der Waals surface area contributed by atoms with Gasteiger partial charge in [-0.25, -0.2) is 13.2 Å². The predicted molar refractivity (Wildman–Crippen MR) is 105 cm³/mol. The second kappa shape index (κ2) is 9.12. The molecule has 0 radical (unpaired) electrons. The fraction of sp³-hybridized carbons (Fsp3) is 0.333. The molecular formula is C18H22N2O5S2. The highest BCUT2D eigenvalue weighted by molar-refractivity contribution is 7.89. The monoisotopic (exact) mass is 410 g/mol. The lowest BCUT2D eigenvalue weighted by molar-refractivity contribution is -0.119. The number of aryl methyl sites for hydroxylation is 1. The fourth-order valence-corrected chi connectivity index (χ4v) is 4.67. The number of hydrogen-bond donors (Lipinski definition) is 1. The number of amides is 1. The molecule has 2 rings (SSSR count). The van der Waals surface area contributed by atoms with Crippen molar-refractivity contribution in [2.75, 3.05) is 25.0 Å². The van der Waals surface area contributed by atoms with Gasteiger partial charge in [-0.1, -0.05) is 13.8 Å². The molecule has 0 saturated heterocycles. The van der Waals surface area contributed by atoms with Crippen LogP contribution in [0.5, 0.6) is 0 Å². The van der Waals surface area contributed by atoms with Crippen molar-refractivity contribution in [3.63, 3.8) is 0 Å². The molecule has 0 fully saturated rings. The van der Waals surface area contributed by atoms with E-state index in [2.05, 4.69) is 5.32 Å². The van der Waals surface area contributed by atoms with Gasteiger partial charge < -0.3 is 10.1 Å². The molecule has 1 aromatic carbocycles. The summed E-state index contributed by atoms with van der Waals surface area (Å²) < 4.78 is 31.2. The van der Waals surface area contributed by atoms with Gasteiger partial charge in [0, 0.05) is 18.8 Å². The molecule has 0 bridgehead atoms. The Morgan fingerprint density at radius 1 is 1.11 bits per heavy atom. The molecule has 0 saturated carbocycles. The van der Waals surface area contributed by atoms with Gasteiger partial charge in [-0.3, -0.25) is 4.79 Å². The van der Waals surface area contributed by atoms with Gasteiger partial charge in [0.15, 0.2) is 6.61 Å². The SMILES string of the molecule is CCN(CC)S(=O)(=O)c1ccc(NC(=O)COC(=O)c2sccc2C)cc1. The molecule has 0 unspecified atom stereocenters. The first-order valence-electron chi connectivity index (χ1n) is 8.40. The molecule has 7 nitrogen and oxygen atoms in total. The maximum atomic E-state index is 12.4. The third-order valence-electron chi connectivity index (χ3n) is 3.86. The summed E-state index contributed by atoms with van der Waals surface area (Å²) in [6, 6.07) is 7.67. The van der Waals surface area contributed by atoms with Gasteiger partial charge in [0.25, 0.3) is 5.91 Å². The zero-order valence-electron chi connectivity index (χ0n) is 15.4. The molecule has 2 aromatic rings. The Bertz CT molecular complexity index is 900. The van der Waals surface area contributed by atoms with Crippen LogP contribution in [0.2, 0.25) is 0 Å². The highest BCUT2D eigenvalue weighted by atomic mass is 32.2. The molecule has 1 N–H and O–H groups in total. The number of nitrogens with zero attached hydrogens (tertiary/aromatic N) is 1. The largest absolute Gasteiger partial charge is 0.451 e. The smallest absolute Gasteiger partial charge is 0.349 e. The Balaban J connectivity index is 1.95. The number of carbonyl (C=O) groups is 2.